The zero-order valence-electron chi connectivity index (χ0n) is 16.3. The number of ether oxygens (including phenoxy) is 1. The van der Waals surface area contributed by atoms with E-state index in [2.05, 4.69) is 37.5 Å². The number of anilines is 1. The van der Waals surface area contributed by atoms with E-state index in [0.717, 1.165) is 18.3 Å². The van der Waals surface area contributed by atoms with Gasteiger partial charge in [-0.25, -0.2) is 17.2 Å². The van der Waals surface area contributed by atoms with Crippen LogP contribution in [0.1, 0.15) is 16.7 Å². The highest BCUT2D eigenvalue weighted by molar-refractivity contribution is 9.10. The Morgan fingerprint density at radius 3 is 2.66 bits per heavy atom. The van der Waals surface area contributed by atoms with Gasteiger partial charge in [0.15, 0.2) is 5.82 Å². The van der Waals surface area contributed by atoms with Crippen molar-refractivity contribution in [3.63, 3.8) is 0 Å². The molecule has 0 aliphatic rings. The number of pyridine rings is 1. The molecule has 0 unspecified atom stereocenters. The van der Waals surface area contributed by atoms with Crippen molar-refractivity contribution in [3.8, 4) is 17.6 Å². The molecule has 0 fully saturated rings. The van der Waals surface area contributed by atoms with Crippen LogP contribution in [0.15, 0.2) is 52.0 Å². The molecule has 0 atom stereocenters. The Bertz CT molecular complexity index is 1390. The van der Waals surface area contributed by atoms with Crippen molar-refractivity contribution >= 4 is 43.7 Å². The van der Waals surface area contributed by atoms with Crippen LogP contribution in [0, 0.1) is 28.9 Å². The van der Waals surface area contributed by atoms with E-state index < -0.39 is 32.9 Å². The standard InChI is InChI=1S/C21H14BrF2N4O3S/c1-31-18-7-3-14(22)9-19(18)32(29,30)28-17-6-5-16(23)15(20(17)24)4-2-12-8-13(10-25)21(26)27-11-12/h3,5-11,25,28H,1H3,(H-,26,27)/q-1. The van der Waals surface area contributed by atoms with Gasteiger partial charge in [-0.2, -0.15) is 0 Å². The molecule has 0 aliphatic carbocycles. The predicted octanol–water partition coefficient (Wildman–Crippen LogP) is 5.01. The van der Waals surface area contributed by atoms with E-state index in [1.165, 1.54) is 31.5 Å². The Labute approximate surface area is 191 Å². The van der Waals surface area contributed by atoms with Crippen LogP contribution in [0.3, 0.4) is 0 Å². The molecule has 3 rings (SSSR count). The van der Waals surface area contributed by atoms with Gasteiger partial charge in [-0.15, -0.1) is 0 Å². The van der Waals surface area contributed by atoms with Gasteiger partial charge in [0.1, 0.15) is 16.5 Å². The maximum atomic E-state index is 15.0. The summed E-state index contributed by atoms with van der Waals surface area (Å²) in [6.07, 6.45) is 2.14. The summed E-state index contributed by atoms with van der Waals surface area (Å²) >= 11 is 3.18. The summed E-state index contributed by atoms with van der Waals surface area (Å²) in [7, 11) is -2.99. The zero-order chi connectivity index (χ0) is 23.5. The van der Waals surface area contributed by atoms with Crippen molar-refractivity contribution in [1.82, 2.24) is 4.98 Å². The third-order valence-corrected chi connectivity index (χ3v) is 6.04. The SMILES string of the molecule is COc1ccc(Br)cc1S(=O)(=O)Nc1ccc(F)c(C#Cc2cnc([NH-])c(C=N)c2)c1F. The summed E-state index contributed by atoms with van der Waals surface area (Å²) in [5.41, 5.74) is 6.80. The third kappa shape index (κ3) is 4.87. The van der Waals surface area contributed by atoms with E-state index in [-0.39, 0.29) is 27.6 Å². The van der Waals surface area contributed by atoms with Gasteiger partial charge in [0.05, 0.1) is 18.4 Å². The molecule has 3 aromatic rings. The van der Waals surface area contributed by atoms with Crippen LogP contribution in [0.2, 0.25) is 0 Å². The number of hydrogen-bond donors (Lipinski definition) is 2. The zero-order valence-corrected chi connectivity index (χ0v) is 18.7. The summed E-state index contributed by atoms with van der Waals surface area (Å²) in [5, 5.41) is 7.24. The van der Waals surface area contributed by atoms with Gasteiger partial charge in [0, 0.05) is 16.3 Å². The van der Waals surface area contributed by atoms with Gasteiger partial charge in [0.25, 0.3) is 10.0 Å². The molecule has 0 spiro atoms. The Morgan fingerprint density at radius 2 is 1.97 bits per heavy atom. The number of hydrogen-bond acceptors (Lipinski definition) is 5. The molecule has 1 heterocycles. The third-order valence-electron chi connectivity index (χ3n) is 4.16. The molecule has 1 aromatic heterocycles. The maximum absolute atomic E-state index is 15.0. The Kier molecular flexibility index (Phi) is 6.76. The highest BCUT2D eigenvalue weighted by atomic mass is 79.9. The summed E-state index contributed by atoms with van der Waals surface area (Å²) in [6.45, 7) is 0. The molecular weight excluding hydrogens is 506 g/mol. The lowest BCUT2D eigenvalue weighted by Crippen LogP contribution is -2.15. The second-order valence-electron chi connectivity index (χ2n) is 6.24. The first-order chi connectivity index (χ1) is 15.2. The minimum atomic E-state index is -4.28. The molecular formula is C21H14BrF2N4O3S-. The molecule has 164 valence electrons. The summed E-state index contributed by atoms with van der Waals surface area (Å²) in [6, 6.07) is 7.49. The average Bonchev–Trinajstić information content (AvgIpc) is 2.76. The van der Waals surface area contributed by atoms with Crippen molar-refractivity contribution < 1.29 is 21.9 Å². The first kappa shape index (κ1) is 23.2. The van der Waals surface area contributed by atoms with Gasteiger partial charge in [-0.05, 0) is 42.0 Å². The number of sulfonamides is 1. The van der Waals surface area contributed by atoms with E-state index in [0.29, 0.717) is 4.47 Å². The molecule has 3 N–H and O–H groups in total. The minimum absolute atomic E-state index is 0.0376. The lowest BCUT2D eigenvalue weighted by molar-refractivity contribution is 0.402. The average molecular weight is 520 g/mol. The maximum Gasteiger partial charge on any atom is 0.265 e. The lowest BCUT2D eigenvalue weighted by Gasteiger charge is -2.13. The van der Waals surface area contributed by atoms with Crippen molar-refractivity contribution in [2.45, 2.75) is 4.90 Å². The van der Waals surface area contributed by atoms with Crippen LogP contribution in [-0.2, 0) is 10.0 Å². The fraction of sp³-hybridized carbons (Fsp3) is 0.0476. The molecule has 0 saturated carbocycles. The van der Waals surface area contributed by atoms with Crippen LogP contribution in [0.25, 0.3) is 5.73 Å². The number of halogens is 3. The Morgan fingerprint density at radius 1 is 1.22 bits per heavy atom. The van der Waals surface area contributed by atoms with Crippen molar-refractivity contribution in [2.24, 2.45) is 0 Å². The van der Waals surface area contributed by atoms with E-state index in [1.54, 1.807) is 6.07 Å². The van der Waals surface area contributed by atoms with E-state index >= 15 is 0 Å². The molecule has 32 heavy (non-hydrogen) atoms. The van der Waals surface area contributed by atoms with Gasteiger partial charge < -0.3 is 20.9 Å². The van der Waals surface area contributed by atoms with Crippen LogP contribution < -0.4 is 9.46 Å². The summed E-state index contributed by atoms with van der Waals surface area (Å²) < 4.78 is 62.4. The fourth-order valence-corrected chi connectivity index (χ4v) is 4.37. The van der Waals surface area contributed by atoms with Gasteiger partial charge in [0.2, 0.25) is 0 Å². The van der Waals surface area contributed by atoms with Crippen molar-refractivity contribution in [3.05, 3.63) is 81.1 Å². The highest BCUT2D eigenvalue weighted by Gasteiger charge is 2.23. The smallest absolute Gasteiger partial charge is 0.265 e. The molecule has 0 amide bonds. The van der Waals surface area contributed by atoms with E-state index in [9.17, 15) is 17.2 Å². The number of nitrogens with one attached hydrogen (secondary N) is 3. The molecule has 0 radical (unpaired) electrons. The number of aromatic nitrogens is 1. The topological polar surface area (TPSA) is 116 Å². The van der Waals surface area contributed by atoms with E-state index in [1.807, 2.05) is 0 Å². The molecule has 0 saturated heterocycles. The highest BCUT2D eigenvalue weighted by Crippen LogP contribution is 2.30. The molecule has 7 nitrogen and oxygen atoms in total. The van der Waals surface area contributed by atoms with E-state index in [4.69, 9.17) is 15.9 Å². The van der Waals surface area contributed by atoms with Crippen molar-refractivity contribution in [2.75, 3.05) is 11.8 Å². The van der Waals surface area contributed by atoms with Crippen LogP contribution >= 0.6 is 15.9 Å². The number of methoxy groups -OCH3 is 1. The van der Waals surface area contributed by atoms with Gasteiger partial charge in [-0.1, -0.05) is 39.8 Å². The molecule has 0 aliphatic heterocycles. The second-order valence-corrected chi connectivity index (χ2v) is 8.81. The Balaban J connectivity index is 2.01. The number of benzene rings is 2. The van der Waals surface area contributed by atoms with Gasteiger partial charge in [-0.3, -0.25) is 4.72 Å². The molecule has 0 bridgehead atoms. The quantitative estimate of drug-likeness (QED) is 0.363. The van der Waals surface area contributed by atoms with Crippen LogP contribution in [-0.4, -0.2) is 26.7 Å². The normalized spacial score (nSPS) is 10.8. The molecule has 11 heteroatoms. The number of rotatable bonds is 5. The minimum Gasteiger partial charge on any atom is -0.495 e. The monoisotopic (exact) mass is 519 g/mol. The van der Waals surface area contributed by atoms with Gasteiger partial charge >= 0.3 is 0 Å². The lowest BCUT2D eigenvalue weighted by atomic mass is 10.1. The summed E-state index contributed by atoms with van der Waals surface area (Å²) in [5.74, 6) is 2.54. The first-order valence-corrected chi connectivity index (χ1v) is 11.0. The summed E-state index contributed by atoms with van der Waals surface area (Å²) in [4.78, 5) is 3.50. The predicted molar refractivity (Wildman–Crippen MR) is 120 cm³/mol. The van der Waals surface area contributed by atoms with Crippen molar-refractivity contribution in [1.29, 1.82) is 5.41 Å². The fourth-order valence-electron chi connectivity index (χ4n) is 2.60. The molecule has 2 aromatic carbocycles. The largest absolute Gasteiger partial charge is 0.495 e. The van der Waals surface area contributed by atoms with Crippen LogP contribution in [0.4, 0.5) is 20.3 Å². The second kappa shape index (κ2) is 9.33. The Hall–Kier alpha value is -3.49. The van der Waals surface area contributed by atoms with Crippen LogP contribution in [0.5, 0.6) is 5.75 Å². The number of nitrogens with zero attached hydrogens (tertiary/aromatic N) is 1. The first-order valence-electron chi connectivity index (χ1n) is 8.74.